The summed E-state index contributed by atoms with van der Waals surface area (Å²) in [6.45, 7) is 0.0670. The molecule has 0 amide bonds. The van der Waals surface area contributed by atoms with Crippen LogP contribution < -0.4 is 0 Å². The van der Waals surface area contributed by atoms with Crippen molar-refractivity contribution in [2.45, 2.75) is 12.7 Å². The molecule has 2 rings (SSSR count). The maximum Gasteiger partial charge on any atom is 0.274 e. The summed E-state index contributed by atoms with van der Waals surface area (Å²) < 4.78 is 15.5. The van der Waals surface area contributed by atoms with E-state index in [1.165, 1.54) is 6.07 Å². The van der Waals surface area contributed by atoms with Crippen LogP contribution in [-0.2, 0) is 20.8 Å². The number of methoxy groups -OCH3 is 1. The number of nitro groups is 1. The Balaban J connectivity index is 1.94. The molecule has 0 N–H and O–H groups in total. The summed E-state index contributed by atoms with van der Waals surface area (Å²) in [6, 6.07) is 15.5. The van der Waals surface area contributed by atoms with E-state index in [0.29, 0.717) is 17.7 Å². The van der Waals surface area contributed by atoms with E-state index in [2.05, 4.69) is 23.7 Å². The molecule has 1 unspecified atom stereocenters. The van der Waals surface area contributed by atoms with Gasteiger partial charge in [-0.1, -0.05) is 47.9 Å². The van der Waals surface area contributed by atoms with Crippen LogP contribution in [-0.4, -0.2) is 31.5 Å². The standard InChI is InChI=1S/C22H18N2O5/c1-27-14-6-10-18-7-2-3-8-19(18)12-13-21(15-23)29-17-28-16-20-9-4-5-11-22(20)24(25)26/h2-5,7-9,11,21H,14,16-17H2,1H3. The highest BCUT2D eigenvalue weighted by molar-refractivity contribution is 5.50. The molecule has 0 aliphatic heterocycles. The van der Waals surface area contributed by atoms with Gasteiger partial charge in [-0.15, -0.1) is 0 Å². The van der Waals surface area contributed by atoms with Crippen molar-refractivity contribution in [3.8, 4) is 29.8 Å². The second-order valence-electron chi connectivity index (χ2n) is 5.58. The van der Waals surface area contributed by atoms with Crippen LogP contribution >= 0.6 is 0 Å². The molecule has 0 aliphatic rings. The number of nitriles is 1. The number of nitro benzene ring substituents is 1. The normalized spacial score (nSPS) is 10.6. The molecule has 0 aliphatic carbocycles. The van der Waals surface area contributed by atoms with Gasteiger partial charge in [0.15, 0.2) is 0 Å². The molecule has 29 heavy (non-hydrogen) atoms. The molecule has 7 heteroatoms. The highest BCUT2D eigenvalue weighted by atomic mass is 16.7. The molecule has 7 nitrogen and oxygen atoms in total. The minimum atomic E-state index is -1.01. The molecule has 0 spiro atoms. The molecule has 0 fully saturated rings. The van der Waals surface area contributed by atoms with Gasteiger partial charge in [0.05, 0.1) is 17.1 Å². The molecular formula is C22H18N2O5. The van der Waals surface area contributed by atoms with Crippen LogP contribution in [0.1, 0.15) is 16.7 Å². The van der Waals surface area contributed by atoms with Gasteiger partial charge in [-0.05, 0) is 18.2 Å². The number of ether oxygens (including phenoxy) is 3. The molecular weight excluding hydrogens is 372 g/mol. The predicted molar refractivity (Wildman–Crippen MR) is 105 cm³/mol. The summed E-state index contributed by atoms with van der Waals surface area (Å²) in [6.07, 6.45) is -1.01. The van der Waals surface area contributed by atoms with E-state index in [1.807, 2.05) is 24.3 Å². The molecule has 0 saturated carbocycles. The Morgan fingerprint density at radius 3 is 2.48 bits per heavy atom. The van der Waals surface area contributed by atoms with Crippen molar-refractivity contribution < 1.29 is 19.1 Å². The summed E-state index contributed by atoms with van der Waals surface area (Å²) in [7, 11) is 1.56. The lowest BCUT2D eigenvalue weighted by Gasteiger charge is -2.07. The number of hydrogen-bond acceptors (Lipinski definition) is 6. The summed E-state index contributed by atoms with van der Waals surface area (Å²) in [4.78, 5) is 10.5. The second kappa shape index (κ2) is 11.9. The van der Waals surface area contributed by atoms with Gasteiger partial charge in [0, 0.05) is 24.3 Å². The number of hydrogen-bond donors (Lipinski definition) is 0. The summed E-state index contributed by atoms with van der Waals surface area (Å²) in [5.41, 5.74) is 1.78. The number of benzene rings is 2. The highest BCUT2D eigenvalue weighted by Gasteiger charge is 2.12. The minimum Gasteiger partial charge on any atom is -0.372 e. The minimum absolute atomic E-state index is 0.0132. The van der Waals surface area contributed by atoms with Gasteiger partial charge in [-0.2, -0.15) is 5.26 Å². The van der Waals surface area contributed by atoms with Gasteiger partial charge in [-0.3, -0.25) is 10.1 Å². The van der Waals surface area contributed by atoms with E-state index >= 15 is 0 Å². The van der Waals surface area contributed by atoms with Crippen LogP contribution in [0.25, 0.3) is 0 Å². The van der Waals surface area contributed by atoms with Crippen molar-refractivity contribution in [2.24, 2.45) is 0 Å². The van der Waals surface area contributed by atoms with Crippen LogP contribution in [0.15, 0.2) is 48.5 Å². The zero-order valence-corrected chi connectivity index (χ0v) is 15.8. The van der Waals surface area contributed by atoms with Crippen molar-refractivity contribution in [3.63, 3.8) is 0 Å². The molecule has 2 aromatic rings. The Morgan fingerprint density at radius 1 is 1.10 bits per heavy atom. The molecule has 2 aromatic carbocycles. The topological polar surface area (TPSA) is 94.6 Å². The first-order chi connectivity index (χ1) is 14.2. The third kappa shape index (κ3) is 7.10. The summed E-state index contributed by atoms with van der Waals surface area (Å²) >= 11 is 0. The van der Waals surface area contributed by atoms with Gasteiger partial charge in [0.25, 0.3) is 5.69 Å². The Morgan fingerprint density at radius 2 is 1.79 bits per heavy atom. The number of nitrogens with zero attached hydrogens (tertiary/aromatic N) is 2. The Hall–Kier alpha value is -3.67. The molecule has 1 atom stereocenters. The Kier molecular flexibility index (Phi) is 8.89. The van der Waals surface area contributed by atoms with E-state index in [-0.39, 0.29) is 19.1 Å². The fraction of sp³-hybridized carbons (Fsp3) is 0.227. The van der Waals surface area contributed by atoms with Crippen LogP contribution in [0.5, 0.6) is 0 Å². The first-order valence-corrected chi connectivity index (χ1v) is 8.55. The van der Waals surface area contributed by atoms with Gasteiger partial charge in [-0.25, -0.2) is 0 Å². The molecule has 0 saturated heterocycles. The fourth-order valence-electron chi connectivity index (χ4n) is 2.24. The number of para-hydroxylation sites is 1. The SMILES string of the molecule is COCC#Cc1ccccc1C#CC(C#N)OCOCc1ccccc1[N+](=O)[O-]. The average molecular weight is 390 g/mol. The first kappa shape index (κ1) is 21.6. The first-order valence-electron chi connectivity index (χ1n) is 8.55. The predicted octanol–water partition coefficient (Wildman–Crippen LogP) is 3.03. The van der Waals surface area contributed by atoms with Crippen molar-refractivity contribution >= 4 is 5.69 Å². The van der Waals surface area contributed by atoms with E-state index in [1.54, 1.807) is 31.4 Å². The van der Waals surface area contributed by atoms with Gasteiger partial charge in [0.2, 0.25) is 6.10 Å². The largest absolute Gasteiger partial charge is 0.372 e. The Bertz CT molecular complexity index is 1010. The maximum atomic E-state index is 11.0. The molecule has 0 aromatic heterocycles. The monoisotopic (exact) mass is 390 g/mol. The fourth-order valence-corrected chi connectivity index (χ4v) is 2.24. The van der Waals surface area contributed by atoms with E-state index < -0.39 is 11.0 Å². The van der Waals surface area contributed by atoms with Crippen LogP contribution in [0.3, 0.4) is 0 Å². The lowest BCUT2D eigenvalue weighted by atomic mass is 10.1. The number of rotatable bonds is 7. The molecule has 0 bridgehead atoms. The maximum absolute atomic E-state index is 11.0. The summed E-state index contributed by atoms with van der Waals surface area (Å²) in [5.74, 6) is 11.4. The Labute approximate surface area is 169 Å². The second-order valence-corrected chi connectivity index (χ2v) is 5.58. The van der Waals surface area contributed by atoms with Gasteiger partial charge >= 0.3 is 0 Å². The third-order valence-electron chi connectivity index (χ3n) is 3.59. The zero-order valence-electron chi connectivity index (χ0n) is 15.8. The quantitative estimate of drug-likeness (QED) is 0.237. The van der Waals surface area contributed by atoms with Crippen molar-refractivity contribution in [2.75, 3.05) is 20.5 Å². The zero-order chi connectivity index (χ0) is 20.9. The average Bonchev–Trinajstić information content (AvgIpc) is 2.74. The smallest absolute Gasteiger partial charge is 0.274 e. The van der Waals surface area contributed by atoms with Crippen LogP contribution in [0.4, 0.5) is 5.69 Å². The van der Waals surface area contributed by atoms with E-state index in [0.717, 1.165) is 5.56 Å². The highest BCUT2D eigenvalue weighted by Crippen LogP contribution is 2.18. The molecule has 146 valence electrons. The lowest BCUT2D eigenvalue weighted by molar-refractivity contribution is -0.386. The van der Waals surface area contributed by atoms with Crippen LogP contribution in [0.2, 0.25) is 0 Å². The van der Waals surface area contributed by atoms with E-state index in [4.69, 9.17) is 14.2 Å². The van der Waals surface area contributed by atoms with Crippen molar-refractivity contribution in [3.05, 3.63) is 75.3 Å². The van der Waals surface area contributed by atoms with Crippen molar-refractivity contribution in [1.29, 1.82) is 5.26 Å². The van der Waals surface area contributed by atoms with Gasteiger partial charge in [0.1, 0.15) is 19.5 Å². The lowest BCUT2D eigenvalue weighted by Crippen LogP contribution is -2.11. The molecule has 0 radical (unpaired) electrons. The molecule has 0 heterocycles. The van der Waals surface area contributed by atoms with Crippen LogP contribution in [0, 0.1) is 45.1 Å². The van der Waals surface area contributed by atoms with E-state index in [9.17, 15) is 15.4 Å². The van der Waals surface area contributed by atoms with Crippen molar-refractivity contribution in [1.82, 2.24) is 0 Å². The summed E-state index contributed by atoms with van der Waals surface area (Å²) in [5, 5.41) is 20.2. The third-order valence-corrected chi connectivity index (χ3v) is 3.59. The van der Waals surface area contributed by atoms with Gasteiger partial charge < -0.3 is 14.2 Å².